The number of carboxylic acids is 1. The van der Waals surface area contributed by atoms with Gasteiger partial charge < -0.3 is 10.4 Å². The third-order valence-corrected chi connectivity index (χ3v) is 6.07. The molecule has 5 rings (SSSR count). The first-order valence-corrected chi connectivity index (χ1v) is 8.61. The van der Waals surface area contributed by atoms with E-state index in [2.05, 4.69) is 34.0 Å². The Morgan fingerprint density at radius 3 is 2.23 bits per heavy atom. The molecule has 2 bridgehead atoms. The first-order valence-electron chi connectivity index (χ1n) is 7.54. The van der Waals surface area contributed by atoms with Crippen LogP contribution in [0.4, 0.5) is 5.69 Å². The summed E-state index contributed by atoms with van der Waals surface area (Å²) in [6.45, 7) is 0. The molecule has 2 saturated carbocycles. The third kappa shape index (κ3) is 2.17. The lowest BCUT2D eigenvalue weighted by molar-refractivity contribution is -0.152. The van der Waals surface area contributed by atoms with Gasteiger partial charge in [-0.1, -0.05) is 12.2 Å². The minimum Gasteiger partial charge on any atom is -0.481 e. The zero-order valence-corrected chi connectivity index (χ0v) is 13.9. The Kier molecular flexibility index (Phi) is 3.29. The average Bonchev–Trinajstić information content (AvgIpc) is 3.30. The highest BCUT2D eigenvalue weighted by molar-refractivity contribution is 14.1. The van der Waals surface area contributed by atoms with Crippen molar-refractivity contribution in [3.63, 3.8) is 0 Å². The van der Waals surface area contributed by atoms with Gasteiger partial charge in [0.05, 0.1) is 11.8 Å². The van der Waals surface area contributed by atoms with Crippen molar-refractivity contribution in [3.05, 3.63) is 40.0 Å². The highest BCUT2D eigenvalue weighted by atomic mass is 127. The van der Waals surface area contributed by atoms with Gasteiger partial charge in [-0.05, 0) is 76.9 Å². The molecule has 6 unspecified atom stereocenters. The summed E-state index contributed by atoms with van der Waals surface area (Å²) in [5.74, 6) is -0.916. The molecule has 1 aromatic carbocycles. The predicted octanol–water partition coefficient (Wildman–Crippen LogP) is 3.00. The summed E-state index contributed by atoms with van der Waals surface area (Å²) in [6.07, 6.45) is 5.18. The van der Waals surface area contributed by atoms with Crippen LogP contribution in [0.5, 0.6) is 0 Å². The first-order chi connectivity index (χ1) is 10.6. The molecule has 0 aromatic heterocycles. The third-order valence-electron chi connectivity index (χ3n) is 5.35. The van der Waals surface area contributed by atoms with Crippen LogP contribution in [0.25, 0.3) is 0 Å². The van der Waals surface area contributed by atoms with Crippen LogP contribution in [-0.2, 0) is 9.59 Å². The minimum absolute atomic E-state index is 0.0278. The van der Waals surface area contributed by atoms with Gasteiger partial charge in [0, 0.05) is 9.26 Å². The fourth-order valence-corrected chi connectivity index (χ4v) is 4.69. The van der Waals surface area contributed by atoms with Crippen molar-refractivity contribution in [1.82, 2.24) is 0 Å². The number of allylic oxidation sites excluding steroid dienone is 2. The summed E-state index contributed by atoms with van der Waals surface area (Å²) in [5.41, 5.74) is 0.729. The minimum atomic E-state index is -0.840. The van der Waals surface area contributed by atoms with Crippen LogP contribution in [0.2, 0.25) is 0 Å². The number of amides is 1. The highest BCUT2D eigenvalue weighted by Gasteiger charge is 2.62. The molecule has 4 aliphatic carbocycles. The lowest BCUT2D eigenvalue weighted by Crippen LogP contribution is -2.48. The Bertz CT molecular complexity index is 669. The highest BCUT2D eigenvalue weighted by Crippen LogP contribution is 2.63. The first kappa shape index (κ1) is 14.2. The van der Waals surface area contributed by atoms with E-state index in [1.54, 1.807) is 0 Å². The van der Waals surface area contributed by atoms with E-state index in [9.17, 15) is 14.7 Å². The molecule has 2 fully saturated rings. The van der Waals surface area contributed by atoms with Crippen LogP contribution in [-0.4, -0.2) is 17.0 Å². The summed E-state index contributed by atoms with van der Waals surface area (Å²) in [5, 5.41) is 12.5. The van der Waals surface area contributed by atoms with E-state index in [-0.39, 0.29) is 17.7 Å². The van der Waals surface area contributed by atoms with Crippen molar-refractivity contribution in [2.75, 3.05) is 5.32 Å². The SMILES string of the molecule is O=C(O)C1C2C=CC(C3CC23)C1C(=O)Nc1ccc(I)cc1. The summed E-state index contributed by atoms with van der Waals surface area (Å²) in [4.78, 5) is 24.4. The molecule has 0 saturated heterocycles. The second-order valence-corrected chi connectivity index (χ2v) is 7.73. The van der Waals surface area contributed by atoms with Crippen molar-refractivity contribution >= 4 is 40.2 Å². The van der Waals surface area contributed by atoms with Crippen LogP contribution in [0.15, 0.2) is 36.4 Å². The van der Waals surface area contributed by atoms with Crippen LogP contribution < -0.4 is 5.32 Å². The van der Waals surface area contributed by atoms with Crippen molar-refractivity contribution in [2.45, 2.75) is 6.42 Å². The smallest absolute Gasteiger partial charge is 0.307 e. The number of hydrogen-bond acceptors (Lipinski definition) is 2. The van der Waals surface area contributed by atoms with E-state index in [0.29, 0.717) is 11.8 Å². The van der Waals surface area contributed by atoms with Crippen molar-refractivity contribution in [1.29, 1.82) is 0 Å². The summed E-state index contributed by atoms with van der Waals surface area (Å²) in [7, 11) is 0. The summed E-state index contributed by atoms with van der Waals surface area (Å²) < 4.78 is 1.10. The standard InChI is InChI=1S/C17H16INO3/c18-8-1-3-9(4-2-8)19-16(20)14-10-5-6-11(13-7-12(10)13)15(14)17(21)22/h1-6,10-15H,7H2,(H,19,20)(H,21,22). The fourth-order valence-electron chi connectivity index (χ4n) is 4.33. The van der Waals surface area contributed by atoms with E-state index in [1.807, 2.05) is 30.3 Å². The number of benzene rings is 1. The van der Waals surface area contributed by atoms with Gasteiger partial charge in [0.25, 0.3) is 0 Å². The molecule has 1 amide bonds. The Morgan fingerprint density at radius 2 is 1.64 bits per heavy atom. The maximum absolute atomic E-state index is 12.7. The Hall–Kier alpha value is -1.37. The average molecular weight is 409 g/mol. The van der Waals surface area contributed by atoms with E-state index < -0.39 is 17.8 Å². The summed E-state index contributed by atoms with van der Waals surface area (Å²) >= 11 is 2.21. The largest absolute Gasteiger partial charge is 0.481 e. The molecule has 22 heavy (non-hydrogen) atoms. The molecule has 0 spiro atoms. The van der Waals surface area contributed by atoms with Gasteiger partial charge in [0.15, 0.2) is 0 Å². The lowest BCUT2D eigenvalue weighted by atomic mass is 9.62. The van der Waals surface area contributed by atoms with Gasteiger partial charge in [-0.15, -0.1) is 0 Å². The molecule has 4 nitrogen and oxygen atoms in total. The number of hydrogen-bond donors (Lipinski definition) is 2. The van der Waals surface area contributed by atoms with E-state index in [1.165, 1.54) is 0 Å². The molecule has 5 heteroatoms. The van der Waals surface area contributed by atoms with Crippen LogP contribution in [0.3, 0.4) is 0 Å². The molecular weight excluding hydrogens is 393 g/mol. The maximum atomic E-state index is 12.7. The number of halogens is 1. The molecule has 1 aromatic rings. The zero-order chi connectivity index (χ0) is 15.4. The van der Waals surface area contributed by atoms with Crippen molar-refractivity contribution in [2.24, 2.45) is 35.5 Å². The number of carbonyl (C=O) groups is 2. The monoisotopic (exact) mass is 409 g/mol. The van der Waals surface area contributed by atoms with Gasteiger partial charge in [-0.2, -0.15) is 0 Å². The predicted molar refractivity (Wildman–Crippen MR) is 90.1 cm³/mol. The maximum Gasteiger partial charge on any atom is 0.307 e. The fraction of sp³-hybridized carbons (Fsp3) is 0.412. The van der Waals surface area contributed by atoms with Crippen molar-refractivity contribution in [3.8, 4) is 0 Å². The van der Waals surface area contributed by atoms with E-state index >= 15 is 0 Å². The Morgan fingerprint density at radius 1 is 1.05 bits per heavy atom. The molecule has 2 N–H and O–H groups in total. The van der Waals surface area contributed by atoms with Crippen LogP contribution in [0.1, 0.15) is 6.42 Å². The second kappa shape index (κ2) is 5.08. The number of carbonyl (C=O) groups excluding carboxylic acids is 1. The number of rotatable bonds is 3. The molecule has 4 aliphatic rings. The van der Waals surface area contributed by atoms with Gasteiger partial charge >= 0.3 is 5.97 Å². The van der Waals surface area contributed by atoms with Crippen LogP contribution in [0, 0.1) is 39.1 Å². The number of anilines is 1. The van der Waals surface area contributed by atoms with E-state index in [4.69, 9.17) is 0 Å². The normalized spacial score (nSPS) is 37.5. The van der Waals surface area contributed by atoms with Crippen LogP contribution >= 0.6 is 22.6 Å². The zero-order valence-electron chi connectivity index (χ0n) is 11.8. The van der Waals surface area contributed by atoms with Crippen molar-refractivity contribution < 1.29 is 14.7 Å². The molecule has 0 heterocycles. The molecule has 6 atom stereocenters. The topological polar surface area (TPSA) is 66.4 Å². The number of nitrogens with one attached hydrogen (secondary N) is 1. The van der Waals surface area contributed by atoms with Gasteiger partial charge in [0.1, 0.15) is 0 Å². The van der Waals surface area contributed by atoms with Gasteiger partial charge in [-0.3, -0.25) is 9.59 Å². The number of fused-ring (bicyclic) bond motifs is 1. The lowest BCUT2D eigenvalue weighted by Gasteiger charge is -2.41. The molecule has 0 radical (unpaired) electrons. The molecule has 114 valence electrons. The number of aliphatic carboxylic acids is 1. The quantitative estimate of drug-likeness (QED) is 0.596. The molecule has 0 aliphatic heterocycles. The number of carboxylic acid groups (broad SMARTS) is 1. The Balaban J connectivity index is 1.60. The second-order valence-electron chi connectivity index (χ2n) is 6.49. The molecular formula is C17H16INO3. The Labute approximate surface area is 142 Å². The van der Waals surface area contributed by atoms with Gasteiger partial charge in [-0.25, -0.2) is 0 Å². The van der Waals surface area contributed by atoms with Gasteiger partial charge in [0.2, 0.25) is 5.91 Å². The van der Waals surface area contributed by atoms with E-state index in [0.717, 1.165) is 15.7 Å². The summed E-state index contributed by atoms with van der Waals surface area (Å²) in [6, 6.07) is 7.56.